The van der Waals surface area contributed by atoms with Crippen molar-refractivity contribution in [2.75, 3.05) is 70.7 Å². The van der Waals surface area contributed by atoms with Gasteiger partial charge in [0.1, 0.15) is 6.61 Å². The van der Waals surface area contributed by atoms with Crippen LogP contribution in [0.1, 0.15) is 11.3 Å². The molecule has 0 aliphatic carbocycles. The largest absolute Gasteiger partial charge is 0.476 e. The van der Waals surface area contributed by atoms with Gasteiger partial charge in [-0.25, -0.2) is 4.98 Å². The first kappa shape index (κ1) is 22.3. The highest BCUT2D eigenvalue weighted by Gasteiger charge is 2.15. The van der Waals surface area contributed by atoms with Crippen LogP contribution in [0.5, 0.6) is 5.88 Å². The number of aliphatic imine (C=N–C) groups is 1. The molecule has 2 aliphatic heterocycles. The van der Waals surface area contributed by atoms with Gasteiger partial charge in [-0.3, -0.25) is 9.89 Å². The molecule has 0 spiro atoms. The number of benzene rings is 1. The molecule has 0 unspecified atom stereocenters. The zero-order valence-electron chi connectivity index (χ0n) is 18.8. The Hall–Kier alpha value is -2.52. The SMILES string of the molecule is C(=NCc1cc(N2CCOCC2)cc(OCCN2CCOCC2)n1)c1ccc2sccc2c1. The molecule has 2 aromatic heterocycles. The van der Waals surface area contributed by atoms with Gasteiger partial charge < -0.3 is 19.1 Å². The van der Waals surface area contributed by atoms with Gasteiger partial charge in [-0.2, -0.15) is 0 Å². The number of hydrogen-bond donors (Lipinski definition) is 0. The van der Waals surface area contributed by atoms with E-state index in [-0.39, 0.29) is 0 Å². The lowest BCUT2D eigenvalue weighted by atomic mass is 10.2. The van der Waals surface area contributed by atoms with E-state index in [1.165, 1.54) is 10.1 Å². The molecule has 4 heterocycles. The van der Waals surface area contributed by atoms with E-state index in [1.807, 2.05) is 12.3 Å². The molecule has 8 heteroatoms. The summed E-state index contributed by atoms with van der Waals surface area (Å²) in [7, 11) is 0. The van der Waals surface area contributed by atoms with Crippen LogP contribution in [0.4, 0.5) is 5.69 Å². The number of pyridine rings is 1. The molecule has 0 amide bonds. The van der Waals surface area contributed by atoms with Crippen molar-refractivity contribution in [1.82, 2.24) is 9.88 Å². The molecule has 3 aromatic rings. The topological polar surface area (TPSA) is 59.4 Å². The fourth-order valence-corrected chi connectivity index (χ4v) is 4.89. The molecule has 2 saturated heterocycles. The number of morpholine rings is 2. The summed E-state index contributed by atoms with van der Waals surface area (Å²) in [6.45, 7) is 8.76. The first-order valence-electron chi connectivity index (χ1n) is 11.6. The highest BCUT2D eigenvalue weighted by atomic mass is 32.1. The number of aromatic nitrogens is 1. The average molecular weight is 467 g/mol. The second-order valence-corrected chi connectivity index (χ2v) is 9.19. The average Bonchev–Trinajstić information content (AvgIpc) is 3.33. The van der Waals surface area contributed by atoms with Crippen LogP contribution in [-0.2, 0) is 16.0 Å². The van der Waals surface area contributed by atoms with E-state index in [0.717, 1.165) is 76.1 Å². The Kier molecular flexibility index (Phi) is 7.47. The first-order valence-corrected chi connectivity index (χ1v) is 12.5. The lowest BCUT2D eigenvalue weighted by molar-refractivity contribution is 0.0320. The number of nitrogens with zero attached hydrogens (tertiary/aromatic N) is 4. The van der Waals surface area contributed by atoms with Gasteiger partial charge in [-0.1, -0.05) is 6.07 Å². The van der Waals surface area contributed by atoms with Crippen molar-refractivity contribution >= 4 is 33.3 Å². The minimum Gasteiger partial charge on any atom is -0.476 e. The van der Waals surface area contributed by atoms with Crippen LogP contribution >= 0.6 is 11.3 Å². The second-order valence-electron chi connectivity index (χ2n) is 8.24. The number of fused-ring (bicyclic) bond motifs is 1. The normalized spacial score (nSPS) is 17.8. The molecule has 2 fully saturated rings. The Bertz CT molecular complexity index is 1070. The number of rotatable bonds is 8. The lowest BCUT2D eigenvalue weighted by Gasteiger charge is -2.29. The molecule has 0 N–H and O–H groups in total. The fraction of sp³-hybridized carbons (Fsp3) is 0.440. The molecule has 5 rings (SSSR count). The third-order valence-electron chi connectivity index (χ3n) is 5.95. The molecule has 0 radical (unpaired) electrons. The van der Waals surface area contributed by atoms with Gasteiger partial charge in [0.2, 0.25) is 5.88 Å². The minimum absolute atomic E-state index is 0.514. The molecule has 33 heavy (non-hydrogen) atoms. The van der Waals surface area contributed by atoms with Gasteiger partial charge in [-0.05, 0) is 40.6 Å². The zero-order valence-corrected chi connectivity index (χ0v) is 19.6. The zero-order chi connectivity index (χ0) is 22.3. The molecule has 7 nitrogen and oxygen atoms in total. The number of thiophene rings is 1. The van der Waals surface area contributed by atoms with Crippen LogP contribution in [0.15, 0.2) is 46.8 Å². The monoisotopic (exact) mass is 466 g/mol. The molecular weight excluding hydrogens is 436 g/mol. The number of ether oxygens (including phenoxy) is 3. The van der Waals surface area contributed by atoms with E-state index in [0.29, 0.717) is 19.0 Å². The summed E-state index contributed by atoms with van der Waals surface area (Å²) < 4.78 is 18.3. The van der Waals surface area contributed by atoms with Gasteiger partial charge in [0.15, 0.2) is 0 Å². The Morgan fingerprint density at radius 3 is 2.67 bits per heavy atom. The minimum atomic E-state index is 0.514. The van der Waals surface area contributed by atoms with Crippen molar-refractivity contribution in [2.45, 2.75) is 6.54 Å². The van der Waals surface area contributed by atoms with Gasteiger partial charge in [0.25, 0.3) is 0 Å². The Labute approximate surface area is 198 Å². The summed E-state index contributed by atoms with van der Waals surface area (Å²) in [6.07, 6.45) is 1.93. The van der Waals surface area contributed by atoms with Gasteiger partial charge in [0.05, 0.1) is 38.7 Å². The van der Waals surface area contributed by atoms with Crippen molar-refractivity contribution in [3.05, 3.63) is 53.0 Å². The van der Waals surface area contributed by atoms with E-state index in [1.54, 1.807) is 11.3 Å². The van der Waals surface area contributed by atoms with E-state index >= 15 is 0 Å². The van der Waals surface area contributed by atoms with Crippen molar-refractivity contribution in [3.8, 4) is 5.88 Å². The predicted molar refractivity (Wildman–Crippen MR) is 133 cm³/mol. The predicted octanol–water partition coefficient (Wildman–Crippen LogP) is 3.46. The highest BCUT2D eigenvalue weighted by Crippen LogP contribution is 2.24. The summed E-state index contributed by atoms with van der Waals surface area (Å²) in [5, 5.41) is 3.38. The van der Waals surface area contributed by atoms with Crippen molar-refractivity contribution in [1.29, 1.82) is 0 Å². The summed E-state index contributed by atoms with van der Waals surface area (Å²) in [5.74, 6) is 0.664. The summed E-state index contributed by atoms with van der Waals surface area (Å²) in [4.78, 5) is 14.1. The summed E-state index contributed by atoms with van der Waals surface area (Å²) in [5.41, 5.74) is 3.14. The standard InChI is InChI=1S/C25H30N4O3S/c1-2-24-21(3-14-33-24)15-20(1)18-26-19-22-16-23(29-7-11-31-12-8-29)17-25(27-22)32-13-6-28-4-9-30-10-5-28/h1-3,14-18H,4-13,19H2. The van der Waals surface area contributed by atoms with Crippen molar-refractivity contribution in [2.24, 2.45) is 4.99 Å². The molecule has 0 saturated carbocycles. The van der Waals surface area contributed by atoms with Crippen LogP contribution in [0.25, 0.3) is 10.1 Å². The highest BCUT2D eigenvalue weighted by molar-refractivity contribution is 7.17. The number of hydrogen-bond acceptors (Lipinski definition) is 8. The van der Waals surface area contributed by atoms with Crippen LogP contribution in [-0.4, -0.2) is 81.9 Å². The molecule has 1 aromatic carbocycles. The molecule has 0 atom stereocenters. The maximum absolute atomic E-state index is 6.08. The Morgan fingerprint density at radius 2 is 1.82 bits per heavy atom. The fourth-order valence-electron chi connectivity index (χ4n) is 4.12. The van der Waals surface area contributed by atoms with Gasteiger partial charge >= 0.3 is 0 Å². The van der Waals surface area contributed by atoms with E-state index in [9.17, 15) is 0 Å². The van der Waals surface area contributed by atoms with Crippen LogP contribution in [0, 0.1) is 0 Å². The van der Waals surface area contributed by atoms with Crippen LogP contribution < -0.4 is 9.64 Å². The van der Waals surface area contributed by atoms with Gasteiger partial charge in [0, 0.05) is 55.4 Å². The summed E-state index contributed by atoms with van der Waals surface area (Å²) in [6, 6.07) is 12.7. The molecular formula is C25H30N4O3S. The van der Waals surface area contributed by atoms with Crippen LogP contribution in [0.3, 0.4) is 0 Å². The van der Waals surface area contributed by atoms with Gasteiger partial charge in [-0.15, -0.1) is 11.3 Å². The molecule has 2 aliphatic rings. The maximum Gasteiger partial charge on any atom is 0.215 e. The second kappa shape index (κ2) is 11.1. The van der Waals surface area contributed by atoms with Crippen molar-refractivity contribution < 1.29 is 14.2 Å². The number of anilines is 1. The first-order chi connectivity index (χ1) is 16.3. The molecule has 0 bridgehead atoms. The third kappa shape index (κ3) is 6.09. The van der Waals surface area contributed by atoms with E-state index < -0.39 is 0 Å². The molecule has 174 valence electrons. The third-order valence-corrected chi connectivity index (χ3v) is 6.85. The smallest absolute Gasteiger partial charge is 0.215 e. The quantitative estimate of drug-likeness (QED) is 0.474. The summed E-state index contributed by atoms with van der Waals surface area (Å²) >= 11 is 1.76. The maximum atomic E-state index is 6.08. The Balaban J connectivity index is 1.27. The van der Waals surface area contributed by atoms with Crippen molar-refractivity contribution in [3.63, 3.8) is 0 Å². The van der Waals surface area contributed by atoms with E-state index in [4.69, 9.17) is 19.2 Å². The Morgan fingerprint density at radius 1 is 1.00 bits per heavy atom. The van der Waals surface area contributed by atoms with E-state index in [2.05, 4.69) is 50.5 Å². The van der Waals surface area contributed by atoms with Crippen LogP contribution in [0.2, 0.25) is 0 Å². The lowest BCUT2D eigenvalue weighted by Crippen LogP contribution is -2.38.